The zero-order valence-corrected chi connectivity index (χ0v) is 13.8. The van der Waals surface area contributed by atoms with Crippen molar-refractivity contribution < 1.29 is 17.4 Å². The van der Waals surface area contributed by atoms with Crippen molar-refractivity contribution in [3.8, 4) is 0 Å². The first-order valence-corrected chi connectivity index (χ1v) is 8.86. The molecule has 0 fully saturated rings. The molecule has 0 bridgehead atoms. The van der Waals surface area contributed by atoms with Gasteiger partial charge in [0.15, 0.2) is 0 Å². The minimum absolute atomic E-state index is 0.0184. The van der Waals surface area contributed by atoms with Gasteiger partial charge in [-0.25, -0.2) is 0 Å². The fourth-order valence-corrected chi connectivity index (χ4v) is 2.98. The molecular formula is C16H24O4S. The Labute approximate surface area is 127 Å². The fourth-order valence-electron chi connectivity index (χ4n) is 2.06. The van der Waals surface area contributed by atoms with Crippen molar-refractivity contribution in [1.82, 2.24) is 0 Å². The van der Waals surface area contributed by atoms with E-state index in [4.69, 9.17) is 4.18 Å². The lowest BCUT2D eigenvalue weighted by atomic mass is 9.99. The molecule has 0 saturated heterocycles. The van der Waals surface area contributed by atoms with Gasteiger partial charge in [-0.3, -0.25) is 4.79 Å². The Morgan fingerprint density at radius 1 is 1.14 bits per heavy atom. The van der Waals surface area contributed by atoms with Crippen molar-refractivity contribution in [3.05, 3.63) is 29.8 Å². The highest BCUT2D eigenvalue weighted by Gasteiger charge is 2.25. The predicted molar refractivity (Wildman–Crippen MR) is 82.4 cm³/mol. The van der Waals surface area contributed by atoms with Gasteiger partial charge in [-0.2, -0.15) is 8.42 Å². The molecule has 0 spiro atoms. The predicted octanol–water partition coefficient (Wildman–Crippen LogP) is 3.83. The third-order valence-corrected chi connectivity index (χ3v) is 4.72. The molecule has 0 amide bonds. The molecule has 118 valence electrons. The van der Waals surface area contributed by atoms with Crippen LogP contribution in [0.5, 0.6) is 0 Å². The van der Waals surface area contributed by atoms with Crippen molar-refractivity contribution in [2.24, 2.45) is 5.92 Å². The second-order valence-electron chi connectivity index (χ2n) is 5.27. The molecule has 0 aliphatic rings. The summed E-state index contributed by atoms with van der Waals surface area (Å²) in [6, 6.07) is 6.27. The number of carbonyl (C=O) groups is 1. The summed E-state index contributed by atoms with van der Waals surface area (Å²) in [5, 5.41) is 0. The summed E-state index contributed by atoms with van der Waals surface area (Å²) in [6.45, 7) is 5.82. The van der Waals surface area contributed by atoms with Gasteiger partial charge in [-0.05, 0) is 31.9 Å². The maximum absolute atomic E-state index is 12.1. The van der Waals surface area contributed by atoms with Crippen molar-refractivity contribution in [1.29, 1.82) is 0 Å². The third kappa shape index (κ3) is 5.50. The van der Waals surface area contributed by atoms with Crippen LogP contribution in [-0.2, 0) is 19.1 Å². The molecule has 1 atom stereocenters. The van der Waals surface area contributed by atoms with Crippen molar-refractivity contribution >= 4 is 16.1 Å². The van der Waals surface area contributed by atoms with Crippen LogP contribution in [0.15, 0.2) is 29.2 Å². The summed E-state index contributed by atoms with van der Waals surface area (Å²) in [5.41, 5.74) is 0.950. The van der Waals surface area contributed by atoms with Gasteiger partial charge in [0.05, 0.1) is 5.92 Å². The lowest BCUT2D eigenvalue weighted by molar-refractivity contribution is -0.138. The normalized spacial score (nSPS) is 12.9. The molecule has 0 aromatic heterocycles. The lowest BCUT2D eigenvalue weighted by Crippen LogP contribution is -2.21. The number of aryl methyl sites for hydroxylation is 1. The van der Waals surface area contributed by atoms with Crippen LogP contribution in [0.1, 0.15) is 51.5 Å². The van der Waals surface area contributed by atoms with Gasteiger partial charge >= 0.3 is 16.1 Å². The van der Waals surface area contributed by atoms with E-state index in [1.165, 1.54) is 12.1 Å². The minimum atomic E-state index is -4.01. The van der Waals surface area contributed by atoms with Crippen LogP contribution in [0.25, 0.3) is 0 Å². The zero-order chi connectivity index (χ0) is 15.9. The number of carbonyl (C=O) groups excluding carboxylic acids is 1. The molecule has 0 aliphatic heterocycles. The SMILES string of the molecule is CCCCCC(CC)C(=O)OS(=O)(=O)c1ccc(C)cc1. The maximum atomic E-state index is 12.1. The number of unbranched alkanes of at least 4 members (excludes halogenated alkanes) is 2. The zero-order valence-electron chi connectivity index (χ0n) is 13.0. The molecule has 0 aliphatic carbocycles. The van der Waals surface area contributed by atoms with E-state index in [1.54, 1.807) is 12.1 Å². The molecule has 5 heteroatoms. The van der Waals surface area contributed by atoms with E-state index < -0.39 is 16.1 Å². The lowest BCUT2D eigenvalue weighted by Gasteiger charge is -2.13. The largest absolute Gasteiger partial charge is 0.342 e. The van der Waals surface area contributed by atoms with Crippen molar-refractivity contribution in [3.63, 3.8) is 0 Å². The Kier molecular flexibility index (Phi) is 6.89. The highest BCUT2D eigenvalue weighted by Crippen LogP contribution is 2.20. The maximum Gasteiger partial charge on any atom is 0.341 e. The molecule has 1 unspecified atom stereocenters. The summed E-state index contributed by atoms with van der Waals surface area (Å²) in [6.07, 6.45) is 4.27. The summed E-state index contributed by atoms with van der Waals surface area (Å²) in [4.78, 5) is 12.0. The minimum Gasteiger partial charge on any atom is -0.342 e. The second-order valence-corrected chi connectivity index (χ2v) is 6.82. The van der Waals surface area contributed by atoms with Gasteiger partial charge < -0.3 is 4.18 Å². The number of hydrogen-bond donors (Lipinski definition) is 0. The fraction of sp³-hybridized carbons (Fsp3) is 0.562. The molecular weight excluding hydrogens is 288 g/mol. The van der Waals surface area contributed by atoms with E-state index in [0.717, 1.165) is 24.8 Å². The molecule has 0 heterocycles. The average Bonchev–Trinajstić information content (AvgIpc) is 2.43. The van der Waals surface area contributed by atoms with Gasteiger partial charge in [0.1, 0.15) is 4.90 Å². The Balaban J connectivity index is 2.72. The van der Waals surface area contributed by atoms with Crippen LogP contribution < -0.4 is 0 Å². The topological polar surface area (TPSA) is 60.4 Å². The molecule has 21 heavy (non-hydrogen) atoms. The smallest absolute Gasteiger partial charge is 0.341 e. The van der Waals surface area contributed by atoms with Gasteiger partial charge in [0.2, 0.25) is 0 Å². The van der Waals surface area contributed by atoms with Gasteiger partial charge in [0.25, 0.3) is 0 Å². The van der Waals surface area contributed by atoms with E-state index in [9.17, 15) is 13.2 Å². The Hall–Kier alpha value is -1.36. The standard InChI is InChI=1S/C16H24O4S/c1-4-6-7-8-14(5-2)16(17)20-21(18,19)15-11-9-13(3)10-12-15/h9-12,14H,4-8H2,1-3H3. The third-order valence-electron chi connectivity index (χ3n) is 3.48. The molecule has 1 aromatic carbocycles. The van der Waals surface area contributed by atoms with Crippen LogP contribution in [0.2, 0.25) is 0 Å². The summed E-state index contributed by atoms with van der Waals surface area (Å²) in [7, 11) is -4.01. The van der Waals surface area contributed by atoms with Crippen LogP contribution in [0.3, 0.4) is 0 Å². The Morgan fingerprint density at radius 3 is 2.29 bits per heavy atom. The van der Waals surface area contributed by atoms with Crippen molar-refractivity contribution in [2.75, 3.05) is 0 Å². The Morgan fingerprint density at radius 2 is 1.76 bits per heavy atom. The first-order valence-electron chi connectivity index (χ1n) is 7.45. The second kappa shape index (κ2) is 8.17. The van der Waals surface area contributed by atoms with Gasteiger partial charge in [-0.15, -0.1) is 0 Å². The molecule has 0 N–H and O–H groups in total. The first-order chi connectivity index (χ1) is 9.90. The summed E-state index contributed by atoms with van der Waals surface area (Å²) in [5.74, 6) is -0.994. The summed E-state index contributed by atoms with van der Waals surface area (Å²) < 4.78 is 28.9. The Bertz CT molecular complexity index is 546. The molecule has 0 radical (unpaired) electrons. The van der Waals surface area contributed by atoms with E-state index in [2.05, 4.69) is 6.92 Å². The monoisotopic (exact) mass is 312 g/mol. The number of hydrogen-bond acceptors (Lipinski definition) is 4. The van der Waals surface area contributed by atoms with Crippen LogP contribution in [0.4, 0.5) is 0 Å². The van der Waals surface area contributed by atoms with Crippen LogP contribution in [0, 0.1) is 12.8 Å². The highest BCUT2D eigenvalue weighted by molar-refractivity contribution is 7.87. The molecule has 1 rings (SSSR count). The average molecular weight is 312 g/mol. The van der Waals surface area contributed by atoms with E-state index in [0.29, 0.717) is 12.8 Å². The highest BCUT2D eigenvalue weighted by atomic mass is 32.2. The van der Waals surface area contributed by atoms with Gasteiger partial charge in [0, 0.05) is 0 Å². The van der Waals surface area contributed by atoms with Gasteiger partial charge in [-0.1, -0.05) is 50.8 Å². The molecule has 0 saturated carbocycles. The number of rotatable bonds is 8. The quantitative estimate of drug-likeness (QED) is 0.540. The van der Waals surface area contributed by atoms with Crippen LogP contribution >= 0.6 is 0 Å². The van der Waals surface area contributed by atoms with Crippen LogP contribution in [-0.4, -0.2) is 14.4 Å². The molecule has 1 aromatic rings. The number of benzene rings is 1. The van der Waals surface area contributed by atoms with E-state index >= 15 is 0 Å². The van der Waals surface area contributed by atoms with E-state index in [1.807, 2.05) is 13.8 Å². The first kappa shape index (κ1) is 17.7. The molecule has 4 nitrogen and oxygen atoms in total. The summed E-state index contributed by atoms with van der Waals surface area (Å²) >= 11 is 0. The van der Waals surface area contributed by atoms with E-state index in [-0.39, 0.29) is 10.8 Å². The van der Waals surface area contributed by atoms with Crippen molar-refractivity contribution in [2.45, 2.75) is 57.8 Å².